The van der Waals surface area contributed by atoms with E-state index in [2.05, 4.69) is 86.6 Å². The van der Waals surface area contributed by atoms with Gasteiger partial charge in [0.15, 0.2) is 0 Å². The summed E-state index contributed by atoms with van der Waals surface area (Å²) in [4.78, 5) is 10.1. The van der Waals surface area contributed by atoms with Crippen molar-refractivity contribution < 1.29 is 4.74 Å². The quantitative estimate of drug-likeness (QED) is 0.192. The number of aryl methyl sites for hydroxylation is 1. The molecule has 2 heterocycles. The molecule has 0 saturated carbocycles. The van der Waals surface area contributed by atoms with E-state index in [1.165, 1.54) is 45.2 Å². The van der Waals surface area contributed by atoms with E-state index in [0.717, 1.165) is 50.8 Å². The molecule has 3 nitrogen and oxygen atoms in total. The Labute approximate surface area is 219 Å². The zero-order valence-corrected chi connectivity index (χ0v) is 22.2. The second-order valence-corrected chi connectivity index (χ2v) is 11.3. The first-order chi connectivity index (χ1) is 17.7. The number of fused-ring (bicyclic) bond motifs is 5. The summed E-state index contributed by atoms with van der Waals surface area (Å²) >= 11 is 3.49. The summed E-state index contributed by atoms with van der Waals surface area (Å²) in [6.07, 6.45) is 4.86. The summed E-state index contributed by atoms with van der Waals surface area (Å²) in [7, 11) is 0. The summed E-state index contributed by atoms with van der Waals surface area (Å²) in [5.74, 6) is 0.928. The average molecular weight is 509 g/mol. The molecule has 0 saturated heterocycles. The number of hydrogen-bond donors (Lipinski definition) is 0. The summed E-state index contributed by atoms with van der Waals surface area (Å²) in [6, 6.07) is 25.8. The van der Waals surface area contributed by atoms with E-state index in [9.17, 15) is 0 Å². The largest absolute Gasteiger partial charge is 0.494 e. The lowest BCUT2D eigenvalue weighted by molar-refractivity contribution is 0.305. The lowest BCUT2D eigenvalue weighted by atomic mass is 10.1. The summed E-state index contributed by atoms with van der Waals surface area (Å²) in [5.41, 5.74) is 5.66. The smallest absolute Gasteiger partial charge is 0.124 e. The Bertz CT molecular complexity index is 1650. The molecular weight excluding hydrogens is 480 g/mol. The van der Waals surface area contributed by atoms with E-state index < -0.39 is 0 Å². The van der Waals surface area contributed by atoms with Crippen LogP contribution in [0.15, 0.2) is 72.8 Å². The van der Waals surface area contributed by atoms with Crippen LogP contribution in [0.1, 0.15) is 38.2 Å². The Morgan fingerprint density at radius 1 is 0.639 bits per heavy atom. The molecule has 0 atom stereocenters. The van der Waals surface area contributed by atoms with Gasteiger partial charge < -0.3 is 4.74 Å². The molecule has 0 N–H and O–H groups in total. The molecule has 0 spiro atoms. The van der Waals surface area contributed by atoms with Crippen molar-refractivity contribution in [2.75, 3.05) is 6.61 Å². The van der Waals surface area contributed by atoms with Gasteiger partial charge in [-0.2, -0.15) is 0 Å². The van der Waals surface area contributed by atoms with E-state index in [-0.39, 0.29) is 0 Å². The van der Waals surface area contributed by atoms with E-state index >= 15 is 0 Å². The van der Waals surface area contributed by atoms with Crippen molar-refractivity contribution in [2.24, 2.45) is 0 Å². The third-order valence-electron chi connectivity index (χ3n) is 6.58. The van der Waals surface area contributed by atoms with E-state index in [1.54, 1.807) is 22.7 Å². The summed E-state index contributed by atoms with van der Waals surface area (Å²) in [6.45, 7) is 5.12. The summed E-state index contributed by atoms with van der Waals surface area (Å²) in [5, 5.41) is 4.42. The minimum absolute atomic E-state index is 0.781. The van der Waals surface area contributed by atoms with Gasteiger partial charge in [0.2, 0.25) is 0 Å². The molecule has 2 aromatic heterocycles. The van der Waals surface area contributed by atoms with Crippen LogP contribution in [-0.2, 0) is 0 Å². The first-order valence-corrected chi connectivity index (χ1v) is 14.3. The van der Waals surface area contributed by atoms with Gasteiger partial charge in [-0.05, 0) is 49.7 Å². The second kappa shape index (κ2) is 10.00. The molecule has 36 heavy (non-hydrogen) atoms. The highest BCUT2D eigenvalue weighted by atomic mass is 32.1. The van der Waals surface area contributed by atoms with Crippen LogP contribution in [-0.4, -0.2) is 16.6 Å². The van der Waals surface area contributed by atoms with Crippen LogP contribution in [0.3, 0.4) is 0 Å². The standard InChI is InChI=1S/C31H28N2OS2/c1-3-4-5-6-19-34-23-13-11-22(12-14-23)31-33-29-25-15-17-26-28(24(25)16-18-27(29)36-31)32-30(35-26)21-9-7-20(2)8-10-21/h7-18H,3-6,19H2,1-2H3. The second-order valence-electron chi connectivity index (χ2n) is 9.26. The Morgan fingerprint density at radius 2 is 1.19 bits per heavy atom. The molecule has 0 aliphatic rings. The minimum atomic E-state index is 0.781. The van der Waals surface area contributed by atoms with Crippen LogP contribution in [0.25, 0.3) is 52.3 Å². The number of aromatic nitrogens is 2. The van der Waals surface area contributed by atoms with Gasteiger partial charge in [-0.15, -0.1) is 22.7 Å². The van der Waals surface area contributed by atoms with Gasteiger partial charge in [-0.3, -0.25) is 0 Å². The van der Waals surface area contributed by atoms with Gasteiger partial charge >= 0.3 is 0 Å². The molecule has 5 heteroatoms. The van der Waals surface area contributed by atoms with Crippen molar-refractivity contribution in [3.05, 3.63) is 78.4 Å². The molecule has 6 rings (SSSR count). The fourth-order valence-corrected chi connectivity index (χ4v) is 6.52. The molecule has 0 unspecified atom stereocenters. The molecular formula is C31H28N2OS2. The maximum Gasteiger partial charge on any atom is 0.124 e. The van der Waals surface area contributed by atoms with Crippen LogP contribution in [0.4, 0.5) is 0 Å². The van der Waals surface area contributed by atoms with E-state index in [4.69, 9.17) is 14.7 Å². The number of unbranched alkanes of at least 4 members (excludes halogenated alkanes) is 3. The molecule has 0 aliphatic carbocycles. The van der Waals surface area contributed by atoms with Gasteiger partial charge in [-0.25, -0.2) is 9.97 Å². The van der Waals surface area contributed by atoms with Gasteiger partial charge in [-0.1, -0.05) is 68.1 Å². The molecule has 0 fully saturated rings. The normalized spacial score (nSPS) is 11.6. The number of rotatable bonds is 8. The zero-order chi connectivity index (χ0) is 24.5. The number of nitrogens with zero attached hydrogens (tertiary/aromatic N) is 2. The molecule has 0 bridgehead atoms. The van der Waals surface area contributed by atoms with Crippen LogP contribution in [0.2, 0.25) is 0 Å². The van der Waals surface area contributed by atoms with Crippen molar-refractivity contribution in [3.8, 4) is 26.9 Å². The molecule has 4 aromatic carbocycles. The van der Waals surface area contributed by atoms with Gasteiger partial charge in [0.25, 0.3) is 0 Å². The first-order valence-electron chi connectivity index (χ1n) is 12.6. The minimum Gasteiger partial charge on any atom is -0.494 e. The zero-order valence-electron chi connectivity index (χ0n) is 20.6. The van der Waals surface area contributed by atoms with Crippen molar-refractivity contribution in [3.63, 3.8) is 0 Å². The Hall–Kier alpha value is -3.28. The third-order valence-corrected chi connectivity index (χ3v) is 8.72. The topological polar surface area (TPSA) is 35.0 Å². The van der Waals surface area contributed by atoms with Crippen LogP contribution < -0.4 is 4.74 Å². The van der Waals surface area contributed by atoms with Gasteiger partial charge in [0.05, 0.1) is 27.0 Å². The van der Waals surface area contributed by atoms with Gasteiger partial charge in [0.1, 0.15) is 15.8 Å². The fraction of sp³-hybridized carbons (Fsp3) is 0.226. The molecule has 0 aliphatic heterocycles. The number of hydrogen-bond acceptors (Lipinski definition) is 5. The lowest BCUT2D eigenvalue weighted by Gasteiger charge is -2.06. The number of benzene rings is 4. The molecule has 0 radical (unpaired) electrons. The predicted molar refractivity (Wildman–Crippen MR) is 156 cm³/mol. The maximum absolute atomic E-state index is 5.92. The Morgan fingerprint density at radius 3 is 1.75 bits per heavy atom. The highest BCUT2D eigenvalue weighted by molar-refractivity contribution is 7.22. The number of ether oxygens (including phenoxy) is 1. The molecule has 0 amide bonds. The van der Waals surface area contributed by atoms with Crippen LogP contribution in [0, 0.1) is 6.92 Å². The molecule has 180 valence electrons. The average Bonchev–Trinajstić information content (AvgIpc) is 3.54. The Balaban J connectivity index is 1.31. The van der Waals surface area contributed by atoms with Crippen LogP contribution >= 0.6 is 22.7 Å². The van der Waals surface area contributed by atoms with Gasteiger partial charge in [0, 0.05) is 21.9 Å². The first kappa shape index (κ1) is 23.1. The van der Waals surface area contributed by atoms with E-state index in [0.29, 0.717) is 0 Å². The third kappa shape index (κ3) is 4.49. The fourth-order valence-electron chi connectivity index (χ4n) is 4.54. The molecule has 6 aromatic rings. The SMILES string of the molecule is CCCCCCOc1ccc(-c2nc3c(ccc4c3ccc3sc(-c5ccc(C)cc5)nc34)s2)cc1. The lowest BCUT2D eigenvalue weighted by Crippen LogP contribution is -1.96. The van der Waals surface area contributed by atoms with Crippen LogP contribution in [0.5, 0.6) is 5.75 Å². The highest BCUT2D eigenvalue weighted by Gasteiger charge is 2.14. The monoisotopic (exact) mass is 508 g/mol. The Kier molecular flexibility index (Phi) is 6.43. The predicted octanol–water partition coefficient (Wildman–Crippen LogP) is 9.66. The van der Waals surface area contributed by atoms with Crippen molar-refractivity contribution in [2.45, 2.75) is 39.5 Å². The summed E-state index contributed by atoms with van der Waals surface area (Å²) < 4.78 is 8.32. The van der Waals surface area contributed by atoms with Crippen molar-refractivity contribution in [1.82, 2.24) is 9.97 Å². The van der Waals surface area contributed by atoms with E-state index in [1.807, 2.05) is 0 Å². The number of thiazole rings is 2. The highest BCUT2D eigenvalue weighted by Crippen LogP contribution is 2.39. The van der Waals surface area contributed by atoms with Crippen molar-refractivity contribution in [1.29, 1.82) is 0 Å². The van der Waals surface area contributed by atoms with Crippen molar-refractivity contribution >= 4 is 53.9 Å². The maximum atomic E-state index is 5.92.